The molecule has 2 rings (SSSR count). The molecule has 0 aliphatic heterocycles. The average molecular weight is 216 g/mol. The van der Waals surface area contributed by atoms with Crippen LogP contribution in [0.5, 0.6) is 0 Å². The van der Waals surface area contributed by atoms with Crippen molar-refractivity contribution in [1.82, 2.24) is 0 Å². The van der Waals surface area contributed by atoms with E-state index in [4.69, 9.17) is 4.74 Å². The lowest BCUT2D eigenvalue weighted by atomic mass is 10.2. The molecular formula is C14H16O2. The Kier molecular flexibility index (Phi) is 3.89. The van der Waals surface area contributed by atoms with Gasteiger partial charge in [0.2, 0.25) is 0 Å². The molecule has 0 unspecified atom stereocenters. The summed E-state index contributed by atoms with van der Waals surface area (Å²) in [6, 6.07) is 10.1. The summed E-state index contributed by atoms with van der Waals surface area (Å²) < 4.78 is 5.50. The molecule has 16 heavy (non-hydrogen) atoms. The number of Topliss-reactive ketones (excluding diaryl/α,β-unsaturated/α-hetero) is 1. The van der Waals surface area contributed by atoms with Crippen molar-refractivity contribution in [2.45, 2.75) is 25.9 Å². The molecule has 1 aromatic rings. The molecule has 0 atom stereocenters. The zero-order valence-corrected chi connectivity index (χ0v) is 9.32. The van der Waals surface area contributed by atoms with Gasteiger partial charge in [0.1, 0.15) is 0 Å². The van der Waals surface area contributed by atoms with Crippen LogP contribution in [0.3, 0.4) is 0 Å². The number of benzene rings is 1. The van der Waals surface area contributed by atoms with Crippen molar-refractivity contribution in [3.05, 3.63) is 47.5 Å². The molecule has 0 N–H and O–H groups in total. The predicted molar refractivity (Wildman–Crippen MR) is 63.0 cm³/mol. The molecule has 84 valence electrons. The maximum atomic E-state index is 11.3. The molecule has 0 heterocycles. The van der Waals surface area contributed by atoms with Gasteiger partial charge in [-0.05, 0) is 24.0 Å². The fraction of sp³-hybridized carbons (Fsp3) is 0.357. The first-order valence-electron chi connectivity index (χ1n) is 5.70. The Hall–Kier alpha value is -1.41. The van der Waals surface area contributed by atoms with E-state index in [1.165, 1.54) is 5.56 Å². The molecule has 1 saturated carbocycles. The number of carbonyl (C=O) groups is 1. The van der Waals surface area contributed by atoms with Crippen LogP contribution in [0.4, 0.5) is 0 Å². The molecule has 1 fully saturated rings. The zero-order chi connectivity index (χ0) is 11.2. The van der Waals surface area contributed by atoms with Gasteiger partial charge in [0.15, 0.2) is 5.78 Å². The lowest BCUT2D eigenvalue weighted by Gasteiger charge is -2.01. The SMILES string of the molecule is O=C1CCC/C1=C\COCc1ccccc1. The van der Waals surface area contributed by atoms with Gasteiger partial charge < -0.3 is 4.74 Å². The molecule has 1 aromatic carbocycles. The highest BCUT2D eigenvalue weighted by molar-refractivity contribution is 5.97. The van der Waals surface area contributed by atoms with Crippen LogP contribution in [0, 0.1) is 0 Å². The van der Waals surface area contributed by atoms with Gasteiger partial charge in [-0.1, -0.05) is 36.4 Å². The van der Waals surface area contributed by atoms with Crippen LogP contribution >= 0.6 is 0 Å². The third kappa shape index (κ3) is 3.04. The van der Waals surface area contributed by atoms with E-state index in [9.17, 15) is 4.79 Å². The van der Waals surface area contributed by atoms with Crippen LogP contribution in [0.2, 0.25) is 0 Å². The highest BCUT2D eigenvalue weighted by Crippen LogP contribution is 2.19. The Morgan fingerprint density at radius 2 is 2.00 bits per heavy atom. The molecule has 1 aliphatic rings. The van der Waals surface area contributed by atoms with Crippen molar-refractivity contribution in [3.63, 3.8) is 0 Å². The third-order valence-corrected chi connectivity index (χ3v) is 2.77. The number of carbonyl (C=O) groups excluding carboxylic acids is 1. The molecule has 0 spiro atoms. The van der Waals surface area contributed by atoms with Crippen molar-refractivity contribution in [2.24, 2.45) is 0 Å². The van der Waals surface area contributed by atoms with Gasteiger partial charge >= 0.3 is 0 Å². The highest BCUT2D eigenvalue weighted by Gasteiger charge is 2.15. The van der Waals surface area contributed by atoms with Gasteiger partial charge in [0, 0.05) is 6.42 Å². The summed E-state index contributed by atoms with van der Waals surface area (Å²) >= 11 is 0. The Bertz CT molecular complexity index is 379. The van der Waals surface area contributed by atoms with Crippen LogP contribution in [0.1, 0.15) is 24.8 Å². The smallest absolute Gasteiger partial charge is 0.158 e. The predicted octanol–water partition coefficient (Wildman–Crippen LogP) is 2.88. The average Bonchev–Trinajstić information content (AvgIpc) is 2.72. The van der Waals surface area contributed by atoms with E-state index >= 15 is 0 Å². The summed E-state index contributed by atoms with van der Waals surface area (Å²) in [5.41, 5.74) is 2.12. The number of rotatable bonds is 4. The molecule has 0 aromatic heterocycles. The van der Waals surface area contributed by atoms with Crippen molar-refractivity contribution in [2.75, 3.05) is 6.61 Å². The molecule has 0 radical (unpaired) electrons. The van der Waals surface area contributed by atoms with Gasteiger partial charge in [0.05, 0.1) is 13.2 Å². The number of ketones is 1. The highest BCUT2D eigenvalue weighted by atomic mass is 16.5. The standard InChI is InChI=1S/C14H16O2/c15-14-8-4-7-13(14)9-10-16-11-12-5-2-1-3-6-12/h1-3,5-6,9H,4,7-8,10-11H2/b13-9+. The lowest BCUT2D eigenvalue weighted by Crippen LogP contribution is -1.97. The van der Waals surface area contributed by atoms with Gasteiger partial charge in [-0.3, -0.25) is 4.79 Å². The second-order valence-electron chi connectivity index (χ2n) is 4.01. The van der Waals surface area contributed by atoms with Gasteiger partial charge in [0.25, 0.3) is 0 Å². The van der Waals surface area contributed by atoms with Gasteiger partial charge in [-0.25, -0.2) is 0 Å². The number of hydrogen-bond donors (Lipinski definition) is 0. The van der Waals surface area contributed by atoms with E-state index in [1.54, 1.807) is 0 Å². The normalized spacial score (nSPS) is 18.2. The van der Waals surface area contributed by atoms with Crippen LogP contribution in [0.25, 0.3) is 0 Å². The number of hydrogen-bond acceptors (Lipinski definition) is 2. The maximum Gasteiger partial charge on any atom is 0.158 e. The minimum absolute atomic E-state index is 0.295. The first-order chi connectivity index (χ1) is 7.86. The summed E-state index contributed by atoms with van der Waals surface area (Å²) in [7, 11) is 0. The largest absolute Gasteiger partial charge is 0.373 e. The number of ether oxygens (including phenoxy) is 1. The molecular weight excluding hydrogens is 200 g/mol. The Morgan fingerprint density at radius 3 is 2.69 bits per heavy atom. The molecule has 1 aliphatic carbocycles. The molecule has 0 bridgehead atoms. The maximum absolute atomic E-state index is 11.3. The third-order valence-electron chi connectivity index (χ3n) is 2.77. The second-order valence-corrected chi connectivity index (χ2v) is 4.01. The topological polar surface area (TPSA) is 26.3 Å². The van der Waals surface area contributed by atoms with E-state index < -0.39 is 0 Å². The van der Waals surface area contributed by atoms with Crippen molar-refractivity contribution in [1.29, 1.82) is 0 Å². The zero-order valence-electron chi connectivity index (χ0n) is 9.32. The monoisotopic (exact) mass is 216 g/mol. The van der Waals surface area contributed by atoms with E-state index in [2.05, 4.69) is 0 Å². The van der Waals surface area contributed by atoms with Crippen LogP contribution < -0.4 is 0 Å². The first kappa shape index (κ1) is 11.1. The van der Waals surface area contributed by atoms with E-state index in [1.807, 2.05) is 36.4 Å². The minimum Gasteiger partial charge on any atom is -0.373 e. The van der Waals surface area contributed by atoms with Crippen molar-refractivity contribution >= 4 is 5.78 Å². The Morgan fingerprint density at radius 1 is 1.19 bits per heavy atom. The molecule has 2 nitrogen and oxygen atoms in total. The lowest BCUT2D eigenvalue weighted by molar-refractivity contribution is -0.114. The van der Waals surface area contributed by atoms with Gasteiger partial charge in [-0.15, -0.1) is 0 Å². The molecule has 0 saturated heterocycles. The van der Waals surface area contributed by atoms with E-state index in [0.29, 0.717) is 25.4 Å². The summed E-state index contributed by atoms with van der Waals surface area (Å²) in [6.07, 6.45) is 4.57. The first-order valence-corrected chi connectivity index (χ1v) is 5.70. The quantitative estimate of drug-likeness (QED) is 0.571. The van der Waals surface area contributed by atoms with Crippen LogP contribution in [-0.2, 0) is 16.1 Å². The summed E-state index contributed by atoms with van der Waals surface area (Å²) in [6.45, 7) is 1.15. The summed E-state index contributed by atoms with van der Waals surface area (Å²) in [5.74, 6) is 0.295. The van der Waals surface area contributed by atoms with Crippen molar-refractivity contribution in [3.8, 4) is 0 Å². The Labute approximate surface area is 95.9 Å². The summed E-state index contributed by atoms with van der Waals surface area (Å²) in [4.78, 5) is 11.3. The van der Waals surface area contributed by atoms with E-state index in [0.717, 1.165) is 18.4 Å². The van der Waals surface area contributed by atoms with Crippen LogP contribution in [0.15, 0.2) is 42.0 Å². The Balaban J connectivity index is 1.75. The second kappa shape index (κ2) is 5.61. The fourth-order valence-electron chi connectivity index (χ4n) is 1.87. The van der Waals surface area contributed by atoms with Crippen LogP contribution in [-0.4, -0.2) is 12.4 Å². The summed E-state index contributed by atoms with van der Waals surface area (Å²) in [5, 5.41) is 0. The number of allylic oxidation sites excluding steroid dienone is 1. The van der Waals surface area contributed by atoms with E-state index in [-0.39, 0.29) is 0 Å². The van der Waals surface area contributed by atoms with Crippen molar-refractivity contribution < 1.29 is 9.53 Å². The fourth-order valence-corrected chi connectivity index (χ4v) is 1.87. The minimum atomic E-state index is 0.295. The molecule has 0 amide bonds. The molecule has 2 heteroatoms. The van der Waals surface area contributed by atoms with Gasteiger partial charge in [-0.2, -0.15) is 0 Å².